The van der Waals surface area contributed by atoms with Crippen molar-refractivity contribution in [3.05, 3.63) is 70.6 Å². The molecule has 3 rings (SSSR count). The van der Waals surface area contributed by atoms with Crippen LogP contribution in [0.25, 0.3) is 11.0 Å². The van der Waals surface area contributed by atoms with Crippen molar-refractivity contribution in [1.29, 1.82) is 0 Å². The van der Waals surface area contributed by atoms with Crippen molar-refractivity contribution >= 4 is 23.9 Å². The molecule has 3 aromatic rings. The quantitative estimate of drug-likeness (QED) is 0.516. The van der Waals surface area contributed by atoms with E-state index in [4.69, 9.17) is 13.5 Å². The normalized spacial score (nSPS) is 13.6. The second kappa shape index (κ2) is 6.63. The molecule has 1 aromatic heterocycles. The van der Waals surface area contributed by atoms with Gasteiger partial charge < -0.3 is 8.94 Å². The highest BCUT2D eigenvalue weighted by Crippen LogP contribution is 2.47. The minimum absolute atomic E-state index is 0.244. The van der Waals surface area contributed by atoms with Crippen LogP contribution in [0.3, 0.4) is 0 Å². The van der Waals surface area contributed by atoms with Crippen LogP contribution in [0, 0.1) is 6.92 Å². The van der Waals surface area contributed by atoms with Gasteiger partial charge in [0.15, 0.2) is 0 Å². The largest absolute Gasteiger partial charge is 0.423 e. The fourth-order valence-electron chi connectivity index (χ4n) is 2.43. The maximum absolute atomic E-state index is 13.1. The Bertz CT molecular complexity index is 962. The van der Waals surface area contributed by atoms with E-state index in [1.54, 1.807) is 49.4 Å². The molecule has 0 amide bonds. The highest BCUT2D eigenvalue weighted by Gasteiger charge is 2.28. The van der Waals surface area contributed by atoms with Gasteiger partial charge in [0.25, 0.3) is 0 Å². The molecule has 0 aliphatic carbocycles. The summed E-state index contributed by atoms with van der Waals surface area (Å²) in [5.74, 6) is 0.317. The molecule has 0 aliphatic rings. The Hall–Kier alpha value is -2.36. The molecule has 5 nitrogen and oxygen atoms in total. The summed E-state index contributed by atoms with van der Waals surface area (Å²) in [6, 6.07) is 15.2. The van der Waals surface area contributed by atoms with Gasteiger partial charge in [0.2, 0.25) is 0 Å². The minimum atomic E-state index is -3.52. The van der Waals surface area contributed by atoms with Gasteiger partial charge in [-0.25, -0.2) is 9.36 Å². The smallest absolute Gasteiger partial charge is 0.410 e. The highest BCUT2D eigenvalue weighted by molar-refractivity contribution is 7.62. The molecule has 2 aromatic carbocycles. The van der Waals surface area contributed by atoms with E-state index in [-0.39, 0.29) is 6.61 Å². The zero-order valence-electron chi connectivity index (χ0n) is 13.4. The maximum Gasteiger partial charge on any atom is 0.410 e. The standard InChI is InChI=1S/C18H17O5P/c1-3-21-24(20,15-7-5-4-6-8-15)23-14-9-10-16-13(2)11-18(19)22-17(16)12-14/h4-12H,3H2,1-2H3. The molecule has 0 radical (unpaired) electrons. The highest BCUT2D eigenvalue weighted by atomic mass is 31.2. The van der Waals surface area contributed by atoms with Crippen LogP contribution in [-0.4, -0.2) is 6.61 Å². The number of aryl methyl sites for hydroxylation is 1. The van der Waals surface area contributed by atoms with Crippen LogP contribution in [0.15, 0.2) is 63.8 Å². The van der Waals surface area contributed by atoms with Crippen LogP contribution in [-0.2, 0) is 9.09 Å². The number of hydrogen-bond acceptors (Lipinski definition) is 5. The Morgan fingerprint density at radius 3 is 2.54 bits per heavy atom. The summed E-state index contributed by atoms with van der Waals surface area (Å²) in [7, 11) is -3.52. The van der Waals surface area contributed by atoms with Gasteiger partial charge in [0, 0.05) is 17.5 Å². The molecule has 0 saturated heterocycles. The third-order valence-corrected chi connectivity index (χ3v) is 5.50. The molecule has 24 heavy (non-hydrogen) atoms. The first-order valence-electron chi connectivity index (χ1n) is 7.56. The molecule has 0 aliphatic heterocycles. The average molecular weight is 344 g/mol. The Morgan fingerprint density at radius 1 is 1.08 bits per heavy atom. The predicted octanol–water partition coefficient (Wildman–Crippen LogP) is 4.04. The van der Waals surface area contributed by atoms with Gasteiger partial charge in [0.05, 0.1) is 11.9 Å². The maximum atomic E-state index is 13.1. The first-order valence-corrected chi connectivity index (χ1v) is 9.10. The van der Waals surface area contributed by atoms with Crippen LogP contribution < -0.4 is 15.5 Å². The van der Waals surface area contributed by atoms with Crippen molar-refractivity contribution in [3.63, 3.8) is 0 Å². The number of benzene rings is 2. The summed E-state index contributed by atoms with van der Waals surface area (Å²) in [5.41, 5.74) is 0.755. The third kappa shape index (κ3) is 3.28. The van der Waals surface area contributed by atoms with Crippen LogP contribution in [0.2, 0.25) is 0 Å². The summed E-state index contributed by atoms with van der Waals surface area (Å²) in [4.78, 5) is 11.5. The first kappa shape index (κ1) is 16.5. The lowest BCUT2D eigenvalue weighted by Gasteiger charge is -2.19. The second-order valence-corrected chi connectivity index (χ2v) is 7.20. The molecule has 1 atom stereocenters. The van der Waals surface area contributed by atoms with E-state index in [0.29, 0.717) is 16.6 Å². The average Bonchev–Trinajstić information content (AvgIpc) is 2.55. The minimum Gasteiger partial charge on any atom is -0.423 e. The van der Waals surface area contributed by atoms with Crippen LogP contribution in [0.1, 0.15) is 12.5 Å². The first-order chi connectivity index (χ1) is 11.5. The fourth-order valence-corrected chi connectivity index (χ4v) is 4.01. The van der Waals surface area contributed by atoms with Crippen molar-refractivity contribution in [3.8, 4) is 5.75 Å². The summed E-state index contributed by atoms with van der Waals surface area (Å²) in [6.07, 6.45) is 0. The van der Waals surface area contributed by atoms with Crippen molar-refractivity contribution in [2.75, 3.05) is 6.61 Å². The van der Waals surface area contributed by atoms with Gasteiger partial charge in [-0.3, -0.25) is 4.52 Å². The fraction of sp³-hybridized carbons (Fsp3) is 0.167. The molecule has 124 valence electrons. The van der Waals surface area contributed by atoms with Crippen molar-refractivity contribution in [2.45, 2.75) is 13.8 Å². The van der Waals surface area contributed by atoms with Crippen LogP contribution in [0.5, 0.6) is 5.75 Å². The molecule has 0 fully saturated rings. The monoisotopic (exact) mass is 344 g/mol. The molecular weight excluding hydrogens is 327 g/mol. The van der Waals surface area contributed by atoms with E-state index in [1.165, 1.54) is 6.07 Å². The van der Waals surface area contributed by atoms with E-state index in [2.05, 4.69) is 0 Å². The molecule has 0 saturated carbocycles. The molecule has 1 heterocycles. The zero-order valence-corrected chi connectivity index (χ0v) is 14.3. The van der Waals surface area contributed by atoms with E-state index in [1.807, 2.05) is 13.0 Å². The molecule has 1 unspecified atom stereocenters. The van der Waals surface area contributed by atoms with Crippen LogP contribution in [0.4, 0.5) is 0 Å². The number of hydrogen-bond donors (Lipinski definition) is 0. The van der Waals surface area contributed by atoms with E-state index >= 15 is 0 Å². The van der Waals surface area contributed by atoms with E-state index < -0.39 is 13.2 Å². The molecule has 0 N–H and O–H groups in total. The lowest BCUT2D eigenvalue weighted by molar-refractivity contribution is 0.289. The van der Waals surface area contributed by atoms with Gasteiger partial charge >= 0.3 is 13.2 Å². The van der Waals surface area contributed by atoms with Crippen molar-refractivity contribution < 1.29 is 18.0 Å². The van der Waals surface area contributed by atoms with Crippen LogP contribution >= 0.6 is 7.60 Å². The topological polar surface area (TPSA) is 65.7 Å². The van der Waals surface area contributed by atoms with Crippen molar-refractivity contribution in [1.82, 2.24) is 0 Å². The number of rotatable bonds is 5. The molecule has 6 heteroatoms. The lowest BCUT2D eigenvalue weighted by atomic mass is 10.1. The Morgan fingerprint density at radius 2 is 1.83 bits per heavy atom. The predicted molar refractivity (Wildman–Crippen MR) is 93.2 cm³/mol. The molecule has 0 bridgehead atoms. The van der Waals surface area contributed by atoms with Gasteiger partial charge in [-0.1, -0.05) is 18.2 Å². The van der Waals surface area contributed by atoms with Gasteiger partial charge in [0.1, 0.15) is 11.3 Å². The third-order valence-electron chi connectivity index (χ3n) is 3.52. The Balaban J connectivity index is 2.03. The van der Waals surface area contributed by atoms with Crippen molar-refractivity contribution in [2.24, 2.45) is 0 Å². The van der Waals surface area contributed by atoms with E-state index in [9.17, 15) is 9.36 Å². The Labute approximate surface area is 139 Å². The Kier molecular flexibility index (Phi) is 4.56. The van der Waals surface area contributed by atoms with E-state index in [0.717, 1.165) is 10.9 Å². The van der Waals surface area contributed by atoms with Gasteiger partial charge in [-0.2, -0.15) is 0 Å². The molecule has 0 spiro atoms. The summed E-state index contributed by atoms with van der Waals surface area (Å²) < 4.78 is 29.4. The molecular formula is C18H17O5P. The van der Waals surface area contributed by atoms with Gasteiger partial charge in [-0.15, -0.1) is 0 Å². The SMILES string of the molecule is CCOP(=O)(Oc1ccc2c(C)cc(=O)oc2c1)c1ccccc1. The summed E-state index contributed by atoms with van der Waals surface area (Å²) >= 11 is 0. The zero-order chi connectivity index (χ0) is 17.2. The lowest BCUT2D eigenvalue weighted by Crippen LogP contribution is -2.12. The summed E-state index contributed by atoms with van der Waals surface area (Å²) in [6.45, 7) is 3.82. The summed E-state index contributed by atoms with van der Waals surface area (Å²) in [5, 5.41) is 1.27. The second-order valence-electron chi connectivity index (χ2n) is 5.25. The number of fused-ring (bicyclic) bond motifs is 1. The van der Waals surface area contributed by atoms with Gasteiger partial charge in [-0.05, 0) is 43.7 Å².